The van der Waals surface area contributed by atoms with E-state index in [1.54, 1.807) is 31.6 Å². The third kappa shape index (κ3) is 3.06. The number of benzene rings is 1. The molecule has 0 saturated heterocycles. The van der Waals surface area contributed by atoms with Crippen LogP contribution in [0.5, 0.6) is 5.88 Å². The first kappa shape index (κ1) is 16.3. The van der Waals surface area contributed by atoms with E-state index in [-0.39, 0.29) is 5.91 Å². The number of methoxy groups -OCH3 is 1. The van der Waals surface area contributed by atoms with Crippen molar-refractivity contribution < 1.29 is 9.53 Å². The molecule has 1 amide bonds. The molecule has 1 fully saturated rings. The van der Waals surface area contributed by atoms with E-state index in [0.717, 1.165) is 29.8 Å². The monoisotopic (exact) mass is 348 g/mol. The second kappa shape index (κ2) is 6.63. The molecule has 1 N–H and O–H groups in total. The number of hydrogen-bond donors (Lipinski definition) is 1. The number of aryl methyl sites for hydroxylation is 1. The molecule has 1 aromatic carbocycles. The molecule has 0 radical (unpaired) electrons. The Morgan fingerprint density at radius 3 is 2.65 bits per heavy atom. The van der Waals surface area contributed by atoms with E-state index in [1.807, 2.05) is 22.9 Å². The predicted molar refractivity (Wildman–Crippen MR) is 99.0 cm³/mol. The largest absolute Gasteiger partial charge is 0.481 e. The van der Waals surface area contributed by atoms with E-state index in [4.69, 9.17) is 4.74 Å². The van der Waals surface area contributed by atoms with Gasteiger partial charge in [0.15, 0.2) is 0 Å². The second-order valence-electron chi connectivity index (χ2n) is 6.46. The molecule has 26 heavy (non-hydrogen) atoms. The third-order valence-corrected chi connectivity index (χ3v) is 4.56. The first-order valence-electron chi connectivity index (χ1n) is 8.62. The smallest absolute Gasteiger partial charge is 0.259 e. The minimum Gasteiger partial charge on any atom is -0.481 e. The number of nitrogens with zero attached hydrogens (tertiary/aromatic N) is 3. The highest BCUT2D eigenvalue weighted by molar-refractivity contribution is 6.05. The van der Waals surface area contributed by atoms with Crippen LogP contribution in [0.2, 0.25) is 0 Å². The summed E-state index contributed by atoms with van der Waals surface area (Å²) in [5.41, 5.74) is 4.37. The van der Waals surface area contributed by atoms with Crippen molar-refractivity contribution in [2.75, 3.05) is 12.4 Å². The lowest BCUT2D eigenvalue weighted by Gasteiger charge is -2.11. The van der Waals surface area contributed by atoms with Gasteiger partial charge in [0.05, 0.1) is 42.1 Å². The zero-order valence-corrected chi connectivity index (χ0v) is 14.8. The molecular weight excluding hydrogens is 328 g/mol. The van der Waals surface area contributed by atoms with Gasteiger partial charge in [-0.2, -0.15) is 5.10 Å². The first-order chi connectivity index (χ1) is 12.7. The predicted octanol–water partition coefficient (Wildman–Crippen LogP) is 3.71. The molecule has 132 valence electrons. The van der Waals surface area contributed by atoms with Gasteiger partial charge in [0.25, 0.3) is 5.91 Å². The number of rotatable bonds is 5. The number of carbonyl (C=O) groups excluding carboxylic acids is 1. The van der Waals surface area contributed by atoms with Crippen LogP contribution in [0.15, 0.2) is 48.8 Å². The quantitative estimate of drug-likeness (QED) is 0.763. The zero-order valence-electron chi connectivity index (χ0n) is 14.8. The molecule has 0 unspecified atom stereocenters. The number of amides is 1. The van der Waals surface area contributed by atoms with Crippen molar-refractivity contribution in [3.63, 3.8) is 0 Å². The summed E-state index contributed by atoms with van der Waals surface area (Å²) in [6.45, 7) is 2.05. The summed E-state index contributed by atoms with van der Waals surface area (Å²) < 4.78 is 6.95. The van der Waals surface area contributed by atoms with Crippen LogP contribution in [0.25, 0.3) is 5.69 Å². The maximum Gasteiger partial charge on any atom is 0.259 e. The van der Waals surface area contributed by atoms with Crippen LogP contribution in [-0.2, 0) is 0 Å². The highest BCUT2D eigenvalue weighted by Gasteiger charge is 2.33. The van der Waals surface area contributed by atoms with Crippen molar-refractivity contribution in [2.45, 2.75) is 25.7 Å². The number of pyridine rings is 1. The summed E-state index contributed by atoms with van der Waals surface area (Å²) in [6.07, 6.45) is 5.41. The van der Waals surface area contributed by atoms with E-state index >= 15 is 0 Å². The molecule has 0 spiro atoms. The number of ether oxygens (including phenoxy) is 1. The van der Waals surface area contributed by atoms with E-state index < -0.39 is 0 Å². The molecule has 0 atom stereocenters. The summed E-state index contributed by atoms with van der Waals surface area (Å²) in [4.78, 5) is 16.9. The van der Waals surface area contributed by atoms with Crippen molar-refractivity contribution in [1.29, 1.82) is 0 Å². The fourth-order valence-electron chi connectivity index (χ4n) is 3.05. The molecular formula is C20H20N4O2. The van der Waals surface area contributed by atoms with Gasteiger partial charge in [0.2, 0.25) is 5.88 Å². The molecule has 2 aromatic heterocycles. The lowest BCUT2D eigenvalue weighted by molar-refractivity contribution is 0.102. The van der Waals surface area contributed by atoms with E-state index in [9.17, 15) is 4.79 Å². The van der Waals surface area contributed by atoms with Crippen LogP contribution in [0, 0.1) is 6.92 Å². The standard InChI is InChI=1S/C20H20N4O2/c1-13-5-3-4-6-17(13)24-19(14-7-8-14)16(12-22-24)20(25)23-15-9-10-18(26-2)21-11-15/h3-6,9-12,14H,7-8H2,1-2H3,(H,23,25). The van der Waals surface area contributed by atoms with Crippen molar-refractivity contribution in [2.24, 2.45) is 0 Å². The molecule has 1 aliphatic rings. The molecule has 4 rings (SSSR count). The average Bonchev–Trinajstić information content (AvgIpc) is 3.41. The van der Waals surface area contributed by atoms with Gasteiger partial charge in [-0.25, -0.2) is 9.67 Å². The fourth-order valence-corrected chi connectivity index (χ4v) is 3.05. The summed E-state index contributed by atoms with van der Waals surface area (Å²) in [5.74, 6) is 0.722. The normalized spacial score (nSPS) is 13.5. The Hall–Kier alpha value is -3.15. The number of aromatic nitrogens is 3. The van der Waals surface area contributed by atoms with Crippen LogP contribution >= 0.6 is 0 Å². The maximum absolute atomic E-state index is 12.8. The number of para-hydroxylation sites is 1. The van der Waals surface area contributed by atoms with Crippen molar-refractivity contribution in [1.82, 2.24) is 14.8 Å². The van der Waals surface area contributed by atoms with Crippen LogP contribution in [0.3, 0.4) is 0 Å². The average molecular weight is 348 g/mol. The number of hydrogen-bond acceptors (Lipinski definition) is 4. The fraction of sp³-hybridized carbons (Fsp3) is 0.250. The zero-order chi connectivity index (χ0) is 18.1. The van der Waals surface area contributed by atoms with Crippen molar-refractivity contribution in [3.05, 3.63) is 65.6 Å². The Balaban J connectivity index is 1.66. The summed E-state index contributed by atoms with van der Waals surface area (Å²) in [7, 11) is 1.56. The molecule has 0 aliphatic heterocycles. The number of anilines is 1. The summed E-state index contributed by atoms with van der Waals surface area (Å²) in [5, 5.41) is 7.42. The van der Waals surface area contributed by atoms with Gasteiger partial charge in [-0.15, -0.1) is 0 Å². The first-order valence-corrected chi connectivity index (χ1v) is 8.62. The molecule has 2 heterocycles. The maximum atomic E-state index is 12.8. The highest BCUT2D eigenvalue weighted by Crippen LogP contribution is 2.42. The minimum absolute atomic E-state index is 0.168. The number of carbonyl (C=O) groups is 1. The summed E-state index contributed by atoms with van der Waals surface area (Å²) >= 11 is 0. The molecule has 0 bridgehead atoms. The lowest BCUT2D eigenvalue weighted by Crippen LogP contribution is -2.14. The topological polar surface area (TPSA) is 69.0 Å². The van der Waals surface area contributed by atoms with Gasteiger partial charge in [-0.1, -0.05) is 18.2 Å². The SMILES string of the molecule is COc1ccc(NC(=O)c2cnn(-c3ccccc3C)c2C2CC2)cn1. The van der Waals surface area contributed by atoms with Gasteiger partial charge >= 0.3 is 0 Å². The van der Waals surface area contributed by atoms with Gasteiger partial charge in [-0.05, 0) is 37.5 Å². The van der Waals surface area contributed by atoms with Crippen molar-refractivity contribution >= 4 is 11.6 Å². The van der Waals surface area contributed by atoms with E-state index in [0.29, 0.717) is 23.0 Å². The minimum atomic E-state index is -0.168. The van der Waals surface area contributed by atoms with Gasteiger partial charge in [-0.3, -0.25) is 4.79 Å². The van der Waals surface area contributed by atoms with E-state index in [2.05, 4.69) is 28.4 Å². The number of nitrogens with one attached hydrogen (secondary N) is 1. The molecule has 1 aliphatic carbocycles. The molecule has 3 aromatic rings. The van der Waals surface area contributed by atoms with Gasteiger partial charge in [0, 0.05) is 12.0 Å². The Kier molecular flexibility index (Phi) is 4.16. The molecule has 6 heteroatoms. The highest BCUT2D eigenvalue weighted by atomic mass is 16.5. The van der Waals surface area contributed by atoms with Gasteiger partial charge < -0.3 is 10.1 Å². The van der Waals surface area contributed by atoms with E-state index in [1.165, 1.54) is 0 Å². The van der Waals surface area contributed by atoms with Crippen LogP contribution in [-0.4, -0.2) is 27.8 Å². The molecule has 6 nitrogen and oxygen atoms in total. The second-order valence-corrected chi connectivity index (χ2v) is 6.46. The molecule has 1 saturated carbocycles. The van der Waals surface area contributed by atoms with Crippen molar-refractivity contribution in [3.8, 4) is 11.6 Å². The van der Waals surface area contributed by atoms with Gasteiger partial charge in [0.1, 0.15) is 0 Å². The Labute approximate surface area is 151 Å². The lowest BCUT2D eigenvalue weighted by atomic mass is 10.1. The third-order valence-electron chi connectivity index (χ3n) is 4.56. The summed E-state index contributed by atoms with van der Waals surface area (Å²) in [6, 6.07) is 11.6. The van der Waals surface area contributed by atoms with Crippen LogP contribution in [0.1, 0.15) is 40.4 Å². The van der Waals surface area contributed by atoms with Crippen LogP contribution in [0.4, 0.5) is 5.69 Å². The Morgan fingerprint density at radius 1 is 1.19 bits per heavy atom. The Morgan fingerprint density at radius 2 is 2.00 bits per heavy atom. The van der Waals surface area contributed by atoms with Crippen LogP contribution < -0.4 is 10.1 Å². The Bertz CT molecular complexity index is 943.